The van der Waals surface area contributed by atoms with Gasteiger partial charge in [0.1, 0.15) is 5.16 Å². The van der Waals surface area contributed by atoms with Gasteiger partial charge in [-0.1, -0.05) is 29.8 Å². The summed E-state index contributed by atoms with van der Waals surface area (Å²) >= 11 is 10.9. The third kappa shape index (κ3) is 3.41. The van der Waals surface area contributed by atoms with E-state index in [0.717, 1.165) is 0 Å². The maximum absolute atomic E-state index is 10.3. The van der Waals surface area contributed by atoms with Gasteiger partial charge in [-0.3, -0.25) is 4.79 Å². The third-order valence-corrected chi connectivity index (χ3v) is 1.35. The number of carbonyl (C=O) groups excluding carboxylic acids is 1. The van der Waals surface area contributed by atoms with E-state index in [1.165, 1.54) is 0 Å². The molecule has 0 aromatic rings. The SMILES string of the molecule is C=C(Cl)/C(C=O)=C(/Cl)N=C(N)N. The summed E-state index contributed by atoms with van der Waals surface area (Å²) in [5, 5.41) is -0.190. The number of aldehydes is 1. The number of hydrogen-bond acceptors (Lipinski definition) is 2. The van der Waals surface area contributed by atoms with Crippen molar-refractivity contribution in [2.45, 2.75) is 0 Å². The highest BCUT2D eigenvalue weighted by Gasteiger charge is 2.04. The number of hydrogen-bond donors (Lipinski definition) is 2. The fraction of sp³-hybridized carbons (Fsp3) is 0. The molecule has 0 aliphatic carbocycles. The fourth-order valence-corrected chi connectivity index (χ4v) is 0.837. The quantitative estimate of drug-likeness (QED) is 0.178. The molecule has 66 valence electrons. The van der Waals surface area contributed by atoms with Crippen LogP contribution in [0.25, 0.3) is 0 Å². The normalized spacial score (nSPS) is 11.5. The largest absolute Gasteiger partial charge is 0.370 e. The maximum Gasteiger partial charge on any atom is 0.192 e. The summed E-state index contributed by atoms with van der Waals surface area (Å²) in [7, 11) is 0. The highest BCUT2D eigenvalue weighted by Crippen LogP contribution is 2.18. The lowest BCUT2D eigenvalue weighted by Gasteiger charge is -1.96. The summed E-state index contributed by atoms with van der Waals surface area (Å²) in [4.78, 5) is 13.7. The van der Waals surface area contributed by atoms with Crippen LogP contribution in [0.5, 0.6) is 0 Å². The molecule has 4 nitrogen and oxygen atoms in total. The Labute approximate surface area is 79.5 Å². The molecule has 0 heterocycles. The summed E-state index contributed by atoms with van der Waals surface area (Å²) in [6.45, 7) is 3.30. The first-order chi connectivity index (χ1) is 5.49. The maximum atomic E-state index is 10.3. The van der Waals surface area contributed by atoms with Gasteiger partial charge < -0.3 is 11.5 Å². The van der Waals surface area contributed by atoms with Crippen molar-refractivity contribution in [2.75, 3.05) is 0 Å². The molecular formula is C6H7Cl2N3O. The van der Waals surface area contributed by atoms with Crippen LogP contribution in [-0.2, 0) is 4.79 Å². The van der Waals surface area contributed by atoms with E-state index in [1.54, 1.807) is 0 Å². The van der Waals surface area contributed by atoms with Crippen molar-refractivity contribution in [1.29, 1.82) is 0 Å². The number of halogens is 2. The van der Waals surface area contributed by atoms with Crippen molar-refractivity contribution in [1.82, 2.24) is 0 Å². The summed E-state index contributed by atoms with van der Waals surface area (Å²) in [5.74, 6) is -0.253. The Morgan fingerprint density at radius 3 is 2.17 bits per heavy atom. The van der Waals surface area contributed by atoms with Gasteiger partial charge in [-0.2, -0.15) is 0 Å². The van der Waals surface area contributed by atoms with Crippen LogP contribution in [-0.4, -0.2) is 12.2 Å². The van der Waals surface area contributed by atoms with Crippen molar-refractivity contribution >= 4 is 35.4 Å². The number of rotatable bonds is 3. The Morgan fingerprint density at radius 1 is 1.42 bits per heavy atom. The lowest BCUT2D eigenvalue weighted by Crippen LogP contribution is -2.22. The minimum atomic E-state index is -0.253. The van der Waals surface area contributed by atoms with E-state index in [2.05, 4.69) is 11.6 Å². The molecule has 0 fully saturated rings. The number of nitrogens with two attached hydrogens (primary N) is 2. The zero-order valence-corrected chi connectivity index (χ0v) is 7.56. The van der Waals surface area contributed by atoms with Gasteiger partial charge >= 0.3 is 0 Å². The molecule has 0 saturated heterocycles. The lowest BCUT2D eigenvalue weighted by atomic mass is 10.3. The van der Waals surface area contributed by atoms with Gasteiger partial charge in [0, 0.05) is 5.03 Å². The monoisotopic (exact) mass is 207 g/mol. The van der Waals surface area contributed by atoms with Crippen LogP contribution in [0.2, 0.25) is 0 Å². The first kappa shape index (κ1) is 11.0. The van der Waals surface area contributed by atoms with Gasteiger partial charge in [-0.15, -0.1) is 0 Å². The zero-order valence-electron chi connectivity index (χ0n) is 6.05. The minimum absolute atomic E-state index is 0.0139. The van der Waals surface area contributed by atoms with E-state index in [-0.39, 0.29) is 21.7 Å². The number of guanidine groups is 1. The van der Waals surface area contributed by atoms with Gasteiger partial charge in [0.05, 0.1) is 5.57 Å². The number of carbonyl (C=O) groups is 1. The van der Waals surface area contributed by atoms with Crippen molar-refractivity contribution < 1.29 is 4.79 Å². The fourth-order valence-electron chi connectivity index (χ4n) is 0.398. The van der Waals surface area contributed by atoms with E-state index in [1.807, 2.05) is 0 Å². The molecule has 0 unspecified atom stereocenters. The topological polar surface area (TPSA) is 81.5 Å². The standard InChI is InChI=1S/C6H7Cl2N3O/c1-3(7)4(2-12)5(8)11-6(9)10/h2H,1H2,(H4,9,10,11)/b5-4-. The molecule has 0 aliphatic heterocycles. The Morgan fingerprint density at radius 2 is 1.92 bits per heavy atom. The second-order valence-electron chi connectivity index (χ2n) is 1.76. The van der Waals surface area contributed by atoms with Crippen LogP contribution in [0.3, 0.4) is 0 Å². The average Bonchev–Trinajstić information content (AvgIpc) is 1.85. The minimum Gasteiger partial charge on any atom is -0.370 e. The van der Waals surface area contributed by atoms with Crippen molar-refractivity contribution in [3.8, 4) is 0 Å². The zero-order chi connectivity index (χ0) is 9.72. The number of nitrogens with zero attached hydrogens (tertiary/aromatic N) is 1. The van der Waals surface area contributed by atoms with Gasteiger partial charge in [0.15, 0.2) is 12.2 Å². The molecule has 0 aromatic carbocycles. The van der Waals surface area contributed by atoms with Crippen LogP contribution >= 0.6 is 23.2 Å². The molecule has 4 N–H and O–H groups in total. The molecule has 6 heteroatoms. The first-order valence-corrected chi connectivity index (χ1v) is 3.54. The van der Waals surface area contributed by atoms with E-state index in [4.69, 9.17) is 34.7 Å². The molecule has 0 radical (unpaired) electrons. The van der Waals surface area contributed by atoms with Gasteiger partial charge in [-0.05, 0) is 0 Å². The molecule has 0 amide bonds. The lowest BCUT2D eigenvalue weighted by molar-refractivity contribution is -0.104. The predicted octanol–water partition coefficient (Wildman–Crippen LogP) is 0.662. The van der Waals surface area contributed by atoms with Crippen LogP contribution in [0.15, 0.2) is 27.3 Å². The van der Waals surface area contributed by atoms with Crippen molar-refractivity contribution in [3.63, 3.8) is 0 Å². The molecule has 12 heavy (non-hydrogen) atoms. The second-order valence-corrected chi connectivity index (χ2v) is 2.58. The van der Waals surface area contributed by atoms with E-state index in [0.29, 0.717) is 6.29 Å². The molecule has 0 saturated carbocycles. The molecule has 0 spiro atoms. The third-order valence-electron chi connectivity index (χ3n) is 0.860. The molecule has 0 atom stereocenters. The summed E-state index contributed by atoms with van der Waals surface area (Å²) in [6.07, 6.45) is 0.421. The molecule has 0 aliphatic rings. The van der Waals surface area contributed by atoms with Crippen LogP contribution in [0.1, 0.15) is 0 Å². The Hall–Kier alpha value is -1.00. The highest BCUT2D eigenvalue weighted by atomic mass is 35.5. The summed E-state index contributed by atoms with van der Waals surface area (Å²) in [5.41, 5.74) is 9.98. The van der Waals surface area contributed by atoms with Crippen molar-refractivity contribution in [3.05, 3.63) is 22.3 Å². The molecular weight excluding hydrogens is 201 g/mol. The Bertz CT molecular complexity index is 266. The highest BCUT2D eigenvalue weighted by molar-refractivity contribution is 6.38. The van der Waals surface area contributed by atoms with Gasteiger partial charge in [0.2, 0.25) is 0 Å². The number of aliphatic imine (C=N–C) groups is 1. The van der Waals surface area contributed by atoms with Crippen LogP contribution < -0.4 is 11.5 Å². The predicted molar refractivity (Wildman–Crippen MR) is 49.7 cm³/mol. The Kier molecular flexibility index (Phi) is 4.39. The van der Waals surface area contributed by atoms with Gasteiger partial charge in [0.25, 0.3) is 0 Å². The first-order valence-electron chi connectivity index (χ1n) is 2.78. The summed E-state index contributed by atoms with van der Waals surface area (Å²) < 4.78 is 0. The van der Waals surface area contributed by atoms with E-state index < -0.39 is 0 Å². The van der Waals surface area contributed by atoms with Crippen LogP contribution in [0, 0.1) is 0 Å². The van der Waals surface area contributed by atoms with Crippen molar-refractivity contribution in [2.24, 2.45) is 16.5 Å². The average molecular weight is 208 g/mol. The smallest absolute Gasteiger partial charge is 0.192 e. The van der Waals surface area contributed by atoms with E-state index >= 15 is 0 Å². The summed E-state index contributed by atoms with van der Waals surface area (Å²) in [6, 6.07) is 0. The van der Waals surface area contributed by atoms with Gasteiger partial charge in [-0.25, -0.2) is 4.99 Å². The van der Waals surface area contributed by atoms with E-state index in [9.17, 15) is 4.79 Å². The van der Waals surface area contributed by atoms with Crippen LogP contribution in [0.4, 0.5) is 0 Å². The number of allylic oxidation sites excluding steroid dienone is 2. The Balaban J connectivity index is 4.98. The molecule has 0 aromatic heterocycles. The second kappa shape index (κ2) is 4.79. The molecule has 0 rings (SSSR count). The molecule has 0 bridgehead atoms.